The van der Waals surface area contributed by atoms with Gasteiger partial charge in [-0.1, -0.05) is 18.2 Å². The van der Waals surface area contributed by atoms with Gasteiger partial charge in [0.05, 0.1) is 0 Å². The van der Waals surface area contributed by atoms with Gasteiger partial charge in [0.2, 0.25) is 0 Å². The van der Waals surface area contributed by atoms with Crippen molar-refractivity contribution in [1.82, 2.24) is 15.3 Å². The van der Waals surface area contributed by atoms with E-state index < -0.39 is 23.4 Å². The first-order chi connectivity index (χ1) is 21.0. The summed E-state index contributed by atoms with van der Waals surface area (Å²) in [7, 11) is 0. The van der Waals surface area contributed by atoms with E-state index in [2.05, 4.69) is 16.1 Å². The van der Waals surface area contributed by atoms with Crippen molar-refractivity contribution in [3.63, 3.8) is 0 Å². The van der Waals surface area contributed by atoms with Gasteiger partial charge in [0.15, 0.2) is 0 Å². The molecule has 0 radical (unpaired) electrons. The summed E-state index contributed by atoms with van der Waals surface area (Å²) >= 11 is 1.25. The molecule has 0 fully saturated rings. The van der Waals surface area contributed by atoms with Crippen molar-refractivity contribution in [2.45, 2.75) is 45.1 Å². The van der Waals surface area contributed by atoms with Crippen LogP contribution in [0.2, 0.25) is 5.82 Å². The van der Waals surface area contributed by atoms with E-state index in [-0.39, 0.29) is 43.0 Å². The van der Waals surface area contributed by atoms with Gasteiger partial charge in [-0.2, -0.15) is 0 Å². The average molecular weight is 672 g/mol. The van der Waals surface area contributed by atoms with Crippen molar-refractivity contribution in [1.29, 1.82) is 0 Å². The van der Waals surface area contributed by atoms with Gasteiger partial charge in [-0.3, -0.25) is 0 Å². The van der Waals surface area contributed by atoms with Crippen LogP contribution >= 0.6 is 11.8 Å². The normalized spacial score (nSPS) is 13.9. The third-order valence-electron chi connectivity index (χ3n) is 7.02. The fraction of sp³-hybridized carbons (Fsp3) is 0.235. The number of benzene rings is 3. The molecular weight excluding hydrogens is 639 g/mol. The van der Waals surface area contributed by atoms with E-state index in [4.69, 9.17) is 4.98 Å². The molecule has 1 heterocycles. The zero-order chi connectivity index (χ0) is 31.6. The average Bonchev–Trinajstić information content (AvgIpc) is 3.01. The molecule has 1 aliphatic carbocycles. The van der Waals surface area contributed by atoms with Gasteiger partial charge in [0, 0.05) is 0 Å². The van der Waals surface area contributed by atoms with Gasteiger partial charge in [0.1, 0.15) is 0 Å². The van der Waals surface area contributed by atoms with E-state index in [9.17, 15) is 19.2 Å². The Kier molecular flexibility index (Phi) is 9.15. The summed E-state index contributed by atoms with van der Waals surface area (Å²) in [5.74, 6) is 0.660. The van der Waals surface area contributed by atoms with Crippen LogP contribution in [-0.4, -0.2) is 59.6 Å². The molecular formula is C34H32N4O4SSe. The molecule has 8 nitrogen and oxygen atoms in total. The second-order valence-electron chi connectivity index (χ2n) is 11.3. The molecule has 0 saturated heterocycles. The number of ketones is 2. The molecule has 0 bridgehead atoms. The van der Waals surface area contributed by atoms with E-state index in [1.165, 1.54) is 4.90 Å². The van der Waals surface area contributed by atoms with Crippen LogP contribution in [0.25, 0.3) is 10.9 Å². The van der Waals surface area contributed by atoms with Crippen molar-refractivity contribution in [2.75, 3.05) is 10.7 Å². The number of hydrogen-bond acceptors (Lipinski definition) is 7. The van der Waals surface area contributed by atoms with E-state index >= 15 is 0 Å². The number of allylic oxidation sites excluding steroid dienone is 2. The number of anilines is 1. The number of carbonyl (C=O) groups is 4. The number of nitrogens with zero attached hydrogens (tertiary/aromatic N) is 3. The van der Waals surface area contributed by atoms with Crippen LogP contribution in [0.1, 0.15) is 60.3 Å². The fourth-order valence-corrected chi connectivity index (χ4v) is 6.75. The summed E-state index contributed by atoms with van der Waals surface area (Å²) < 4.78 is 1.13. The molecule has 1 N–H and O–H groups in total. The number of thioether (sulfide) groups is 1. The van der Waals surface area contributed by atoms with Gasteiger partial charge in [-0.05, 0) is 0 Å². The SMILES string of the molecule is C[Se]c1ccc(N(C(=O)CSC2=C(C)C(=O)c3ccccc3C2=O)C(C(=O)NC(C)(C)C)c2ncc3ccccc3n2)cc1. The van der Waals surface area contributed by atoms with E-state index in [0.717, 1.165) is 21.6 Å². The Hall–Kier alpha value is -4.11. The number of aromatic nitrogens is 2. The molecule has 1 atom stereocenters. The number of nitrogens with one attached hydrogen (secondary N) is 1. The molecule has 1 aromatic heterocycles. The predicted octanol–water partition coefficient (Wildman–Crippen LogP) is 5.08. The van der Waals surface area contributed by atoms with Gasteiger partial charge in [-0.25, -0.2) is 0 Å². The van der Waals surface area contributed by atoms with Crippen molar-refractivity contribution in [3.05, 3.63) is 106 Å². The summed E-state index contributed by atoms with van der Waals surface area (Å²) in [5, 5.41) is 3.81. The molecule has 1 aliphatic rings. The molecule has 4 aromatic rings. The molecule has 10 heteroatoms. The second kappa shape index (κ2) is 12.9. The Bertz CT molecular complexity index is 1810. The molecule has 1 unspecified atom stereocenters. The summed E-state index contributed by atoms with van der Waals surface area (Å²) in [6.07, 6.45) is 1.65. The zero-order valence-corrected chi connectivity index (χ0v) is 27.6. The maximum absolute atomic E-state index is 14.3. The van der Waals surface area contributed by atoms with Gasteiger partial charge in [-0.15, -0.1) is 0 Å². The number of rotatable bonds is 8. The Labute approximate surface area is 266 Å². The van der Waals surface area contributed by atoms with Gasteiger partial charge < -0.3 is 0 Å². The van der Waals surface area contributed by atoms with Crippen LogP contribution in [0, 0.1) is 0 Å². The molecule has 0 aliphatic heterocycles. The number of Topliss-reactive ketones (excluding diaryl/α,β-unsaturated/α-hetero) is 2. The van der Waals surface area contributed by atoms with Crippen molar-refractivity contribution >= 4 is 71.2 Å². The van der Waals surface area contributed by atoms with Crippen LogP contribution in [0.3, 0.4) is 0 Å². The molecule has 0 saturated carbocycles. The van der Waals surface area contributed by atoms with Crippen molar-refractivity contribution in [2.24, 2.45) is 0 Å². The quantitative estimate of drug-likeness (QED) is 0.260. The molecule has 224 valence electrons. The van der Waals surface area contributed by atoms with Gasteiger partial charge in [0.25, 0.3) is 0 Å². The summed E-state index contributed by atoms with van der Waals surface area (Å²) in [6.45, 7) is 7.20. The Morgan fingerprint density at radius 3 is 2.23 bits per heavy atom. The van der Waals surface area contributed by atoms with E-state index in [1.54, 1.807) is 37.4 Å². The third-order valence-corrected chi connectivity index (χ3v) is 9.75. The Balaban J connectivity index is 1.57. The molecule has 44 heavy (non-hydrogen) atoms. The summed E-state index contributed by atoms with van der Waals surface area (Å²) in [6, 6.07) is 20.4. The second-order valence-corrected chi connectivity index (χ2v) is 14.2. The van der Waals surface area contributed by atoms with Gasteiger partial charge >= 0.3 is 250 Å². The van der Waals surface area contributed by atoms with Crippen LogP contribution in [0.5, 0.6) is 0 Å². The third kappa shape index (κ3) is 6.53. The number of para-hydroxylation sites is 1. The topological polar surface area (TPSA) is 109 Å². The minimum absolute atomic E-state index is 0.167. The Morgan fingerprint density at radius 2 is 1.57 bits per heavy atom. The first kappa shape index (κ1) is 31.3. The number of hydrogen-bond donors (Lipinski definition) is 1. The monoisotopic (exact) mass is 672 g/mol. The van der Waals surface area contributed by atoms with Crippen LogP contribution in [0.15, 0.2) is 89.5 Å². The van der Waals surface area contributed by atoms with Crippen molar-refractivity contribution < 1.29 is 19.2 Å². The maximum atomic E-state index is 14.3. The predicted molar refractivity (Wildman–Crippen MR) is 176 cm³/mol. The number of fused-ring (bicyclic) bond motifs is 2. The van der Waals surface area contributed by atoms with Crippen LogP contribution in [-0.2, 0) is 9.59 Å². The minimum atomic E-state index is -1.20. The number of amides is 2. The van der Waals surface area contributed by atoms with Crippen LogP contribution < -0.4 is 14.7 Å². The van der Waals surface area contributed by atoms with E-state index in [0.29, 0.717) is 27.9 Å². The molecule has 3 aromatic carbocycles. The van der Waals surface area contributed by atoms with Crippen molar-refractivity contribution in [3.8, 4) is 0 Å². The van der Waals surface area contributed by atoms with E-state index in [1.807, 2.05) is 69.3 Å². The molecule has 0 spiro atoms. The number of carbonyl (C=O) groups excluding carboxylic acids is 4. The first-order valence-electron chi connectivity index (χ1n) is 14.0. The zero-order valence-electron chi connectivity index (χ0n) is 25.1. The summed E-state index contributed by atoms with van der Waals surface area (Å²) in [5.41, 5.74) is 1.51. The fourth-order valence-electron chi connectivity index (χ4n) is 4.94. The molecule has 2 amide bonds. The summed E-state index contributed by atoms with van der Waals surface area (Å²) in [4.78, 5) is 65.7. The van der Waals surface area contributed by atoms with Crippen LogP contribution in [0.4, 0.5) is 5.69 Å². The first-order valence-corrected chi connectivity index (χ1v) is 17.6. The molecule has 5 rings (SSSR count). The Morgan fingerprint density at radius 1 is 0.932 bits per heavy atom. The standard InChI is InChI=1S/C34H32N4O4SSe/c1-20-29(40)24-11-7-8-12-25(24)30(41)31(20)43-19-27(39)38(22-14-16-23(44-5)17-15-22)28(33(42)37-34(2,3)4)32-35-18-21-10-6-9-13-26(21)36-32/h6-18,28H,19H2,1-5H3,(H,37,42).